The molecule has 1 amide bonds. The SMILES string of the molecule is Cl.NCC1CCN(C(=O)c2ccn(-c3cccc([N+](=O)[O-])c3)n2)C1. The fourth-order valence-electron chi connectivity index (χ4n) is 2.70. The van der Waals surface area contributed by atoms with E-state index in [0.717, 1.165) is 6.42 Å². The molecule has 128 valence electrons. The quantitative estimate of drug-likeness (QED) is 0.665. The minimum absolute atomic E-state index is 0. The molecule has 1 aliphatic rings. The van der Waals surface area contributed by atoms with Crippen molar-refractivity contribution in [2.45, 2.75) is 6.42 Å². The number of rotatable bonds is 4. The van der Waals surface area contributed by atoms with E-state index in [0.29, 0.717) is 36.9 Å². The van der Waals surface area contributed by atoms with Crippen LogP contribution in [0.2, 0.25) is 0 Å². The van der Waals surface area contributed by atoms with E-state index in [1.165, 1.54) is 16.8 Å². The van der Waals surface area contributed by atoms with Crippen LogP contribution in [0.4, 0.5) is 5.69 Å². The van der Waals surface area contributed by atoms with Gasteiger partial charge in [0.05, 0.1) is 10.6 Å². The number of benzene rings is 1. The second-order valence-corrected chi connectivity index (χ2v) is 5.56. The Morgan fingerprint density at radius 2 is 2.21 bits per heavy atom. The lowest BCUT2D eigenvalue weighted by molar-refractivity contribution is -0.384. The lowest BCUT2D eigenvalue weighted by atomic mass is 10.1. The van der Waals surface area contributed by atoms with E-state index in [4.69, 9.17) is 5.73 Å². The molecule has 1 aromatic carbocycles. The van der Waals surface area contributed by atoms with E-state index in [9.17, 15) is 14.9 Å². The van der Waals surface area contributed by atoms with Crippen molar-refractivity contribution in [3.63, 3.8) is 0 Å². The lowest BCUT2D eigenvalue weighted by Gasteiger charge is -2.14. The van der Waals surface area contributed by atoms with Crippen LogP contribution in [0.5, 0.6) is 0 Å². The molecule has 0 aliphatic carbocycles. The summed E-state index contributed by atoms with van der Waals surface area (Å²) < 4.78 is 1.47. The van der Waals surface area contributed by atoms with Crippen LogP contribution in [0.3, 0.4) is 0 Å². The van der Waals surface area contributed by atoms with Gasteiger partial charge in [-0.25, -0.2) is 4.68 Å². The normalized spacial score (nSPS) is 16.7. The fraction of sp³-hybridized carbons (Fsp3) is 0.333. The molecule has 2 heterocycles. The van der Waals surface area contributed by atoms with Gasteiger partial charge in [0, 0.05) is 31.4 Å². The summed E-state index contributed by atoms with van der Waals surface area (Å²) in [5, 5.41) is 15.1. The van der Waals surface area contributed by atoms with E-state index in [1.807, 2.05) is 0 Å². The van der Waals surface area contributed by atoms with Gasteiger partial charge in [0.15, 0.2) is 5.69 Å². The summed E-state index contributed by atoms with van der Waals surface area (Å²) in [4.78, 5) is 24.6. The Bertz CT molecular complexity index is 748. The van der Waals surface area contributed by atoms with Crippen LogP contribution in [0, 0.1) is 16.0 Å². The molecule has 1 atom stereocenters. The van der Waals surface area contributed by atoms with E-state index < -0.39 is 4.92 Å². The number of hydrogen-bond acceptors (Lipinski definition) is 5. The molecule has 1 fully saturated rings. The summed E-state index contributed by atoms with van der Waals surface area (Å²) in [6.07, 6.45) is 2.54. The molecule has 0 saturated carbocycles. The molecular weight excluding hydrogens is 334 g/mol. The van der Waals surface area contributed by atoms with E-state index in [-0.39, 0.29) is 24.0 Å². The second kappa shape index (κ2) is 7.41. The number of aromatic nitrogens is 2. The summed E-state index contributed by atoms with van der Waals surface area (Å²) in [5.41, 5.74) is 6.49. The number of carbonyl (C=O) groups is 1. The minimum Gasteiger partial charge on any atom is -0.337 e. The van der Waals surface area contributed by atoms with Crippen LogP contribution >= 0.6 is 12.4 Å². The van der Waals surface area contributed by atoms with Gasteiger partial charge in [-0.05, 0) is 31.0 Å². The van der Waals surface area contributed by atoms with Gasteiger partial charge >= 0.3 is 0 Å². The predicted octanol–water partition coefficient (Wildman–Crippen LogP) is 1.62. The number of likely N-dealkylation sites (tertiary alicyclic amines) is 1. The number of nitro benzene ring substituents is 1. The number of carbonyl (C=O) groups excluding carboxylic acids is 1. The van der Waals surface area contributed by atoms with Crippen LogP contribution in [-0.4, -0.2) is 45.1 Å². The largest absolute Gasteiger partial charge is 0.337 e. The number of non-ortho nitro benzene ring substituents is 1. The van der Waals surface area contributed by atoms with Crippen molar-refractivity contribution in [1.82, 2.24) is 14.7 Å². The van der Waals surface area contributed by atoms with Gasteiger partial charge in [-0.3, -0.25) is 14.9 Å². The van der Waals surface area contributed by atoms with E-state index in [1.54, 1.807) is 29.3 Å². The Labute approximate surface area is 144 Å². The molecular formula is C15H18ClN5O3. The molecule has 2 N–H and O–H groups in total. The standard InChI is InChI=1S/C15H17N5O3.ClH/c16-9-11-4-6-18(10-11)15(21)14-5-7-19(17-14)12-2-1-3-13(8-12)20(22)23;/h1-3,5,7-8,11H,4,6,9-10,16H2;1H. The molecule has 8 nitrogen and oxygen atoms in total. The molecule has 1 unspecified atom stereocenters. The second-order valence-electron chi connectivity index (χ2n) is 5.56. The number of nitrogens with zero attached hydrogens (tertiary/aromatic N) is 4. The van der Waals surface area contributed by atoms with Crippen LogP contribution in [0.1, 0.15) is 16.9 Å². The molecule has 0 spiro atoms. The molecule has 0 bridgehead atoms. The van der Waals surface area contributed by atoms with Gasteiger partial charge in [-0.15, -0.1) is 12.4 Å². The fourth-order valence-corrected chi connectivity index (χ4v) is 2.70. The van der Waals surface area contributed by atoms with Crippen molar-refractivity contribution in [2.24, 2.45) is 11.7 Å². The Hall–Kier alpha value is -2.45. The topological polar surface area (TPSA) is 107 Å². The Morgan fingerprint density at radius 1 is 1.42 bits per heavy atom. The van der Waals surface area contributed by atoms with Gasteiger partial charge in [0.25, 0.3) is 11.6 Å². The third-order valence-corrected chi connectivity index (χ3v) is 4.02. The number of nitro groups is 1. The zero-order valence-corrected chi connectivity index (χ0v) is 13.7. The highest BCUT2D eigenvalue weighted by atomic mass is 35.5. The molecule has 9 heteroatoms. The van der Waals surface area contributed by atoms with Gasteiger partial charge in [-0.1, -0.05) is 6.07 Å². The summed E-state index contributed by atoms with van der Waals surface area (Å²) in [5.74, 6) is 0.211. The highest BCUT2D eigenvalue weighted by Crippen LogP contribution is 2.19. The summed E-state index contributed by atoms with van der Waals surface area (Å²) in [7, 11) is 0. The monoisotopic (exact) mass is 351 g/mol. The van der Waals surface area contributed by atoms with Crippen molar-refractivity contribution in [3.8, 4) is 5.69 Å². The number of halogens is 1. The molecule has 24 heavy (non-hydrogen) atoms. The summed E-state index contributed by atoms with van der Waals surface area (Å²) in [6.45, 7) is 1.91. The Balaban J connectivity index is 0.00000208. The predicted molar refractivity (Wildman–Crippen MR) is 90.5 cm³/mol. The van der Waals surface area contributed by atoms with Gasteiger partial charge in [0.2, 0.25) is 0 Å². The lowest BCUT2D eigenvalue weighted by Crippen LogP contribution is -2.30. The van der Waals surface area contributed by atoms with Crippen LogP contribution in [0.25, 0.3) is 5.69 Å². The smallest absolute Gasteiger partial charge is 0.274 e. The maximum atomic E-state index is 12.4. The van der Waals surface area contributed by atoms with Crippen LogP contribution in [0.15, 0.2) is 36.5 Å². The first kappa shape index (κ1) is 17.9. The molecule has 1 aromatic heterocycles. The number of hydrogen-bond donors (Lipinski definition) is 1. The van der Waals surface area contributed by atoms with Crippen LogP contribution in [-0.2, 0) is 0 Å². The van der Waals surface area contributed by atoms with Gasteiger partial charge < -0.3 is 10.6 Å². The van der Waals surface area contributed by atoms with Crippen molar-refractivity contribution in [2.75, 3.05) is 19.6 Å². The minimum atomic E-state index is -0.462. The summed E-state index contributed by atoms with van der Waals surface area (Å²) in [6, 6.07) is 7.74. The van der Waals surface area contributed by atoms with Gasteiger partial charge in [-0.2, -0.15) is 5.10 Å². The number of amides is 1. The Morgan fingerprint density at radius 3 is 2.88 bits per heavy atom. The highest BCUT2D eigenvalue weighted by molar-refractivity contribution is 5.92. The third kappa shape index (κ3) is 3.55. The average Bonchev–Trinajstić information content (AvgIpc) is 3.23. The van der Waals surface area contributed by atoms with Crippen molar-refractivity contribution >= 4 is 24.0 Å². The zero-order valence-electron chi connectivity index (χ0n) is 12.9. The first-order valence-electron chi connectivity index (χ1n) is 7.38. The molecule has 1 saturated heterocycles. The first-order chi connectivity index (χ1) is 11.1. The first-order valence-corrected chi connectivity index (χ1v) is 7.38. The zero-order chi connectivity index (χ0) is 16.4. The molecule has 2 aromatic rings. The van der Waals surface area contributed by atoms with Crippen molar-refractivity contribution < 1.29 is 9.72 Å². The molecule has 1 aliphatic heterocycles. The average molecular weight is 352 g/mol. The molecule has 3 rings (SSSR count). The van der Waals surface area contributed by atoms with Crippen molar-refractivity contribution in [1.29, 1.82) is 0 Å². The maximum Gasteiger partial charge on any atom is 0.274 e. The van der Waals surface area contributed by atoms with E-state index in [2.05, 4.69) is 5.10 Å². The maximum absolute atomic E-state index is 12.4. The third-order valence-electron chi connectivity index (χ3n) is 4.02. The van der Waals surface area contributed by atoms with E-state index >= 15 is 0 Å². The molecule has 0 radical (unpaired) electrons. The summed E-state index contributed by atoms with van der Waals surface area (Å²) >= 11 is 0. The highest BCUT2D eigenvalue weighted by Gasteiger charge is 2.27. The van der Waals surface area contributed by atoms with Crippen LogP contribution < -0.4 is 5.73 Å². The Kier molecular flexibility index (Phi) is 5.53. The van der Waals surface area contributed by atoms with Crippen molar-refractivity contribution in [3.05, 3.63) is 52.3 Å². The van der Waals surface area contributed by atoms with Gasteiger partial charge in [0.1, 0.15) is 0 Å². The number of nitrogens with two attached hydrogens (primary N) is 1.